The van der Waals surface area contributed by atoms with Crippen molar-refractivity contribution in [3.8, 4) is 0 Å². The number of rotatable bonds is 4. The summed E-state index contributed by atoms with van der Waals surface area (Å²) >= 11 is 0. The normalized spacial score (nSPS) is 22.8. The van der Waals surface area contributed by atoms with Crippen molar-refractivity contribution in [1.29, 1.82) is 0 Å². The van der Waals surface area contributed by atoms with E-state index >= 15 is 0 Å². The minimum atomic E-state index is 0.158. The van der Waals surface area contributed by atoms with Gasteiger partial charge in [-0.05, 0) is 36.5 Å². The quantitative estimate of drug-likeness (QED) is 0.756. The molecule has 0 radical (unpaired) electrons. The Bertz CT molecular complexity index is 372. The molecule has 1 aliphatic carbocycles. The maximum atomic E-state index is 11.5. The van der Waals surface area contributed by atoms with Crippen molar-refractivity contribution in [2.45, 2.75) is 32.2 Å². The maximum absolute atomic E-state index is 11.5. The first-order valence-electron chi connectivity index (χ1n) is 5.79. The van der Waals surface area contributed by atoms with Gasteiger partial charge < -0.3 is 11.1 Å². The van der Waals surface area contributed by atoms with E-state index in [1.54, 1.807) is 0 Å². The minimum Gasteiger partial charge on any atom is -0.399 e. The molecule has 0 bridgehead atoms. The summed E-state index contributed by atoms with van der Waals surface area (Å²) in [7, 11) is 0. The van der Waals surface area contributed by atoms with Crippen LogP contribution in [0.2, 0.25) is 0 Å². The fraction of sp³-hybridized carbons (Fsp3) is 0.462. The van der Waals surface area contributed by atoms with Crippen molar-refractivity contribution in [3.63, 3.8) is 0 Å². The number of anilines is 1. The Morgan fingerprint density at radius 3 is 2.62 bits per heavy atom. The number of nitrogens with two attached hydrogens (primary N) is 1. The van der Waals surface area contributed by atoms with Gasteiger partial charge in [0, 0.05) is 18.2 Å². The molecular weight excluding hydrogens is 200 g/mol. The Labute approximate surface area is 96.0 Å². The van der Waals surface area contributed by atoms with E-state index in [1.165, 1.54) is 0 Å². The molecule has 0 spiro atoms. The summed E-state index contributed by atoms with van der Waals surface area (Å²) in [6.45, 7) is 2.16. The van der Waals surface area contributed by atoms with Gasteiger partial charge >= 0.3 is 0 Å². The monoisotopic (exact) mass is 218 g/mol. The molecule has 3 heteroatoms. The van der Waals surface area contributed by atoms with Crippen LogP contribution in [0.4, 0.5) is 5.69 Å². The molecule has 1 aliphatic rings. The molecule has 2 unspecified atom stereocenters. The van der Waals surface area contributed by atoms with Crippen LogP contribution < -0.4 is 11.1 Å². The molecule has 1 aromatic rings. The number of hydrogen-bond acceptors (Lipinski definition) is 2. The van der Waals surface area contributed by atoms with Crippen LogP contribution in [0.25, 0.3) is 0 Å². The van der Waals surface area contributed by atoms with Crippen LogP contribution in [-0.2, 0) is 11.2 Å². The predicted molar refractivity (Wildman–Crippen MR) is 64.9 cm³/mol. The molecule has 16 heavy (non-hydrogen) atoms. The summed E-state index contributed by atoms with van der Waals surface area (Å²) in [5.41, 5.74) is 7.52. The van der Waals surface area contributed by atoms with Crippen molar-refractivity contribution in [1.82, 2.24) is 5.32 Å². The molecular formula is C13H18N2O. The van der Waals surface area contributed by atoms with Crippen molar-refractivity contribution in [2.24, 2.45) is 5.92 Å². The summed E-state index contributed by atoms with van der Waals surface area (Å²) in [5.74, 6) is 0.826. The van der Waals surface area contributed by atoms with Gasteiger partial charge in [0.05, 0.1) is 0 Å². The Morgan fingerprint density at radius 2 is 2.06 bits per heavy atom. The minimum absolute atomic E-state index is 0.158. The lowest BCUT2D eigenvalue weighted by Gasteiger charge is -2.04. The summed E-state index contributed by atoms with van der Waals surface area (Å²) in [4.78, 5) is 11.5. The van der Waals surface area contributed by atoms with Crippen LogP contribution in [0.15, 0.2) is 24.3 Å². The van der Waals surface area contributed by atoms with E-state index in [0.29, 0.717) is 18.4 Å². The highest BCUT2D eigenvalue weighted by molar-refractivity contribution is 5.76. The van der Waals surface area contributed by atoms with Crippen molar-refractivity contribution in [2.75, 3.05) is 5.73 Å². The standard InChI is InChI=1S/C13H18N2O/c1-9-8-12(9)15-13(16)7-4-10-2-5-11(14)6-3-10/h2-3,5-6,9,12H,4,7-8,14H2,1H3,(H,15,16). The van der Waals surface area contributed by atoms with Crippen LogP contribution in [0.3, 0.4) is 0 Å². The Morgan fingerprint density at radius 1 is 1.44 bits per heavy atom. The molecule has 0 heterocycles. The lowest BCUT2D eigenvalue weighted by Crippen LogP contribution is -2.26. The van der Waals surface area contributed by atoms with Gasteiger partial charge in [-0.25, -0.2) is 0 Å². The zero-order valence-corrected chi connectivity index (χ0v) is 9.57. The van der Waals surface area contributed by atoms with E-state index in [0.717, 1.165) is 24.1 Å². The average Bonchev–Trinajstić information content (AvgIpc) is 2.93. The van der Waals surface area contributed by atoms with Gasteiger partial charge in [-0.3, -0.25) is 4.79 Å². The first-order chi connectivity index (χ1) is 7.65. The molecule has 0 aliphatic heterocycles. The summed E-state index contributed by atoms with van der Waals surface area (Å²) in [5, 5.41) is 3.02. The molecule has 1 fully saturated rings. The van der Waals surface area contributed by atoms with E-state index < -0.39 is 0 Å². The van der Waals surface area contributed by atoms with Crippen LogP contribution in [0.5, 0.6) is 0 Å². The molecule has 2 rings (SSSR count). The SMILES string of the molecule is CC1CC1NC(=O)CCc1ccc(N)cc1. The lowest BCUT2D eigenvalue weighted by atomic mass is 10.1. The number of hydrogen-bond donors (Lipinski definition) is 2. The summed E-state index contributed by atoms with van der Waals surface area (Å²) in [6, 6.07) is 8.12. The van der Waals surface area contributed by atoms with E-state index in [9.17, 15) is 4.79 Å². The second-order valence-corrected chi connectivity index (χ2v) is 4.63. The third kappa shape index (κ3) is 2.99. The molecule has 3 N–H and O–H groups in total. The Kier molecular flexibility index (Phi) is 3.13. The van der Waals surface area contributed by atoms with Gasteiger partial charge in [0.15, 0.2) is 0 Å². The third-order valence-electron chi connectivity index (χ3n) is 3.08. The number of amides is 1. The molecule has 1 saturated carbocycles. The first kappa shape index (κ1) is 11.0. The van der Waals surface area contributed by atoms with E-state index in [-0.39, 0.29) is 5.91 Å². The van der Waals surface area contributed by atoms with Crippen LogP contribution >= 0.6 is 0 Å². The predicted octanol–water partition coefficient (Wildman–Crippen LogP) is 1.73. The highest BCUT2D eigenvalue weighted by Gasteiger charge is 2.33. The van der Waals surface area contributed by atoms with Crippen LogP contribution in [0.1, 0.15) is 25.3 Å². The van der Waals surface area contributed by atoms with E-state index in [2.05, 4.69) is 12.2 Å². The largest absolute Gasteiger partial charge is 0.399 e. The van der Waals surface area contributed by atoms with Gasteiger partial charge in [-0.2, -0.15) is 0 Å². The van der Waals surface area contributed by atoms with Crippen molar-refractivity contribution < 1.29 is 4.79 Å². The van der Waals surface area contributed by atoms with Gasteiger partial charge in [-0.15, -0.1) is 0 Å². The second-order valence-electron chi connectivity index (χ2n) is 4.63. The first-order valence-corrected chi connectivity index (χ1v) is 5.79. The smallest absolute Gasteiger partial charge is 0.220 e. The van der Waals surface area contributed by atoms with Gasteiger partial charge in [0.25, 0.3) is 0 Å². The molecule has 1 aromatic carbocycles. The average molecular weight is 218 g/mol. The molecule has 0 saturated heterocycles. The Balaban J connectivity index is 1.74. The second kappa shape index (κ2) is 4.56. The fourth-order valence-electron chi connectivity index (χ4n) is 1.74. The number of benzene rings is 1. The number of carbonyl (C=O) groups excluding carboxylic acids is 1. The lowest BCUT2D eigenvalue weighted by molar-refractivity contribution is -0.121. The zero-order chi connectivity index (χ0) is 11.5. The summed E-state index contributed by atoms with van der Waals surface area (Å²) < 4.78 is 0. The number of aryl methyl sites for hydroxylation is 1. The maximum Gasteiger partial charge on any atom is 0.220 e. The van der Waals surface area contributed by atoms with Gasteiger partial charge in [-0.1, -0.05) is 19.1 Å². The molecule has 0 aromatic heterocycles. The van der Waals surface area contributed by atoms with Gasteiger partial charge in [0.1, 0.15) is 0 Å². The number of carbonyl (C=O) groups is 1. The third-order valence-corrected chi connectivity index (χ3v) is 3.08. The van der Waals surface area contributed by atoms with Crippen LogP contribution in [-0.4, -0.2) is 11.9 Å². The molecule has 2 atom stereocenters. The molecule has 86 valence electrons. The highest BCUT2D eigenvalue weighted by atomic mass is 16.1. The molecule has 1 amide bonds. The fourth-order valence-corrected chi connectivity index (χ4v) is 1.74. The number of nitrogens with one attached hydrogen (secondary N) is 1. The topological polar surface area (TPSA) is 55.1 Å². The molecule has 3 nitrogen and oxygen atoms in total. The van der Waals surface area contributed by atoms with Gasteiger partial charge in [0.2, 0.25) is 5.91 Å². The van der Waals surface area contributed by atoms with Crippen LogP contribution in [0, 0.1) is 5.92 Å². The van der Waals surface area contributed by atoms with Crippen molar-refractivity contribution >= 4 is 11.6 Å². The zero-order valence-electron chi connectivity index (χ0n) is 9.57. The Hall–Kier alpha value is -1.51. The number of nitrogen functional groups attached to an aromatic ring is 1. The highest BCUT2D eigenvalue weighted by Crippen LogP contribution is 2.28. The van der Waals surface area contributed by atoms with E-state index in [4.69, 9.17) is 5.73 Å². The van der Waals surface area contributed by atoms with E-state index in [1.807, 2.05) is 24.3 Å². The van der Waals surface area contributed by atoms with Crippen molar-refractivity contribution in [3.05, 3.63) is 29.8 Å². The summed E-state index contributed by atoms with van der Waals surface area (Å²) in [6.07, 6.45) is 2.48.